The third-order valence-corrected chi connectivity index (χ3v) is 5.34. The van der Waals surface area contributed by atoms with Gasteiger partial charge in [0, 0.05) is 23.2 Å². The molecular formula is C18H23N3OS. The zero-order valence-electron chi connectivity index (χ0n) is 13.8. The predicted molar refractivity (Wildman–Crippen MR) is 96.2 cm³/mol. The Morgan fingerprint density at radius 1 is 1.35 bits per heavy atom. The van der Waals surface area contributed by atoms with Crippen LogP contribution in [-0.4, -0.2) is 37.6 Å². The van der Waals surface area contributed by atoms with Gasteiger partial charge < -0.3 is 10.2 Å². The molecule has 4 nitrogen and oxygen atoms in total. The highest BCUT2D eigenvalue weighted by atomic mass is 32.1. The smallest absolute Gasteiger partial charge is 0.322 e. The highest BCUT2D eigenvalue weighted by molar-refractivity contribution is 7.10. The lowest BCUT2D eigenvalue weighted by Gasteiger charge is -2.27. The van der Waals surface area contributed by atoms with E-state index in [0.29, 0.717) is 6.54 Å². The maximum Gasteiger partial charge on any atom is 0.322 e. The summed E-state index contributed by atoms with van der Waals surface area (Å²) in [6.07, 6.45) is 0.922. The number of urea groups is 1. The maximum absolute atomic E-state index is 12.7. The van der Waals surface area contributed by atoms with Gasteiger partial charge in [0.25, 0.3) is 0 Å². The Balaban J connectivity index is 1.70. The normalized spacial score (nSPS) is 18.1. The van der Waals surface area contributed by atoms with Gasteiger partial charge in [-0.15, -0.1) is 11.3 Å². The van der Waals surface area contributed by atoms with Crippen molar-refractivity contribution in [3.63, 3.8) is 0 Å². The lowest BCUT2D eigenvalue weighted by molar-refractivity contribution is 0.237. The van der Waals surface area contributed by atoms with Crippen LogP contribution in [0.25, 0.3) is 0 Å². The van der Waals surface area contributed by atoms with E-state index in [2.05, 4.69) is 40.7 Å². The zero-order chi connectivity index (χ0) is 16.4. The molecule has 0 fully saturated rings. The first-order valence-corrected chi connectivity index (χ1v) is 8.80. The molecule has 3 rings (SSSR count). The van der Waals surface area contributed by atoms with Gasteiger partial charge in [0.2, 0.25) is 0 Å². The molecule has 1 aliphatic heterocycles. The van der Waals surface area contributed by atoms with Gasteiger partial charge in [-0.05, 0) is 50.5 Å². The highest BCUT2D eigenvalue weighted by Gasteiger charge is 2.31. The summed E-state index contributed by atoms with van der Waals surface area (Å²) >= 11 is 1.73. The molecule has 2 heterocycles. The largest absolute Gasteiger partial charge is 0.336 e. The molecule has 23 heavy (non-hydrogen) atoms. The molecule has 0 radical (unpaired) electrons. The molecule has 0 aliphatic carbocycles. The van der Waals surface area contributed by atoms with Crippen molar-refractivity contribution in [1.29, 1.82) is 0 Å². The lowest BCUT2D eigenvalue weighted by atomic mass is 10.1. The van der Waals surface area contributed by atoms with E-state index in [1.807, 2.05) is 37.2 Å². The van der Waals surface area contributed by atoms with Crippen LogP contribution in [0.2, 0.25) is 0 Å². The van der Waals surface area contributed by atoms with Crippen molar-refractivity contribution in [2.24, 2.45) is 0 Å². The summed E-state index contributed by atoms with van der Waals surface area (Å²) in [5.41, 5.74) is 2.28. The molecule has 0 saturated heterocycles. The molecular weight excluding hydrogens is 306 g/mol. The van der Waals surface area contributed by atoms with Gasteiger partial charge >= 0.3 is 6.03 Å². The van der Waals surface area contributed by atoms with Crippen molar-refractivity contribution in [3.8, 4) is 0 Å². The molecule has 0 saturated carbocycles. The Labute approximate surface area is 141 Å². The minimum atomic E-state index is -0.00847. The van der Waals surface area contributed by atoms with Gasteiger partial charge in [-0.2, -0.15) is 0 Å². The SMILES string of the molecule is C[C@@H]1Cc2ccccc2N1C(=O)NC[C@H](c1cccs1)N(C)C. The Morgan fingerprint density at radius 2 is 2.13 bits per heavy atom. The molecule has 1 aromatic heterocycles. The third kappa shape index (κ3) is 3.26. The molecule has 122 valence electrons. The molecule has 1 N–H and O–H groups in total. The number of carbonyl (C=O) groups excluding carboxylic acids is 1. The maximum atomic E-state index is 12.7. The van der Waals surface area contributed by atoms with Crippen molar-refractivity contribution >= 4 is 23.1 Å². The lowest BCUT2D eigenvalue weighted by Crippen LogP contribution is -2.45. The minimum absolute atomic E-state index is 0.00847. The van der Waals surface area contributed by atoms with Crippen LogP contribution in [-0.2, 0) is 6.42 Å². The highest BCUT2D eigenvalue weighted by Crippen LogP contribution is 2.31. The number of carbonyl (C=O) groups is 1. The number of fused-ring (bicyclic) bond motifs is 1. The molecule has 0 unspecified atom stereocenters. The second kappa shape index (κ2) is 6.72. The summed E-state index contributed by atoms with van der Waals surface area (Å²) in [4.78, 5) is 18.0. The number of thiophene rings is 1. The Morgan fingerprint density at radius 3 is 2.83 bits per heavy atom. The zero-order valence-corrected chi connectivity index (χ0v) is 14.6. The molecule has 1 aliphatic rings. The van der Waals surface area contributed by atoms with E-state index in [1.165, 1.54) is 10.4 Å². The topological polar surface area (TPSA) is 35.6 Å². The van der Waals surface area contributed by atoms with E-state index in [9.17, 15) is 4.79 Å². The Hall–Kier alpha value is -1.85. The summed E-state index contributed by atoms with van der Waals surface area (Å²) in [5.74, 6) is 0. The number of rotatable bonds is 4. The summed E-state index contributed by atoms with van der Waals surface area (Å²) in [5, 5.41) is 5.19. The number of benzene rings is 1. The standard InChI is InChI=1S/C18H23N3OS/c1-13-11-14-7-4-5-8-15(14)21(13)18(22)19-12-16(20(2)3)17-9-6-10-23-17/h4-10,13,16H,11-12H2,1-3H3,(H,19,22)/t13-,16-/m1/s1. The predicted octanol–water partition coefficient (Wildman–Crippen LogP) is 3.51. The number of anilines is 1. The molecule has 2 atom stereocenters. The first-order valence-electron chi connectivity index (χ1n) is 7.92. The van der Waals surface area contributed by atoms with E-state index in [0.717, 1.165) is 12.1 Å². The van der Waals surface area contributed by atoms with E-state index < -0.39 is 0 Å². The van der Waals surface area contributed by atoms with Gasteiger partial charge in [0.15, 0.2) is 0 Å². The van der Waals surface area contributed by atoms with E-state index in [-0.39, 0.29) is 18.1 Å². The van der Waals surface area contributed by atoms with Gasteiger partial charge in [-0.3, -0.25) is 4.90 Å². The van der Waals surface area contributed by atoms with E-state index >= 15 is 0 Å². The average molecular weight is 329 g/mol. The van der Waals surface area contributed by atoms with E-state index in [1.54, 1.807) is 11.3 Å². The van der Waals surface area contributed by atoms with Gasteiger partial charge in [0.05, 0.1) is 6.04 Å². The van der Waals surface area contributed by atoms with Crippen LogP contribution in [0, 0.1) is 0 Å². The fraction of sp³-hybridized carbons (Fsp3) is 0.389. The number of amides is 2. The molecule has 0 bridgehead atoms. The summed E-state index contributed by atoms with van der Waals surface area (Å²) in [7, 11) is 4.09. The summed E-state index contributed by atoms with van der Waals surface area (Å²) < 4.78 is 0. The number of hydrogen-bond acceptors (Lipinski definition) is 3. The van der Waals surface area contributed by atoms with Crippen molar-refractivity contribution in [2.45, 2.75) is 25.4 Å². The van der Waals surface area contributed by atoms with Crippen molar-refractivity contribution in [2.75, 3.05) is 25.5 Å². The molecule has 2 amide bonds. The number of para-hydroxylation sites is 1. The first-order chi connectivity index (χ1) is 11.1. The summed E-state index contributed by atoms with van der Waals surface area (Å²) in [6, 6.07) is 12.7. The molecule has 1 aromatic carbocycles. The number of nitrogens with zero attached hydrogens (tertiary/aromatic N) is 2. The Kier molecular flexibility index (Phi) is 4.68. The fourth-order valence-electron chi connectivity index (χ4n) is 3.16. The van der Waals surface area contributed by atoms with Crippen LogP contribution in [0.4, 0.5) is 10.5 Å². The second-order valence-corrected chi connectivity index (χ2v) is 7.21. The quantitative estimate of drug-likeness (QED) is 0.932. The van der Waals surface area contributed by atoms with Crippen molar-refractivity contribution in [3.05, 3.63) is 52.2 Å². The van der Waals surface area contributed by atoms with Crippen LogP contribution in [0.5, 0.6) is 0 Å². The fourth-order valence-corrected chi connectivity index (χ4v) is 4.09. The van der Waals surface area contributed by atoms with Crippen LogP contribution in [0.3, 0.4) is 0 Å². The monoisotopic (exact) mass is 329 g/mol. The average Bonchev–Trinajstić information content (AvgIpc) is 3.13. The molecule has 5 heteroatoms. The van der Waals surface area contributed by atoms with Gasteiger partial charge in [0.1, 0.15) is 0 Å². The van der Waals surface area contributed by atoms with Crippen LogP contribution >= 0.6 is 11.3 Å². The van der Waals surface area contributed by atoms with Crippen LogP contribution in [0.1, 0.15) is 23.4 Å². The first kappa shape index (κ1) is 16.0. The van der Waals surface area contributed by atoms with E-state index in [4.69, 9.17) is 0 Å². The van der Waals surface area contributed by atoms with Gasteiger partial charge in [-0.25, -0.2) is 4.79 Å². The summed E-state index contributed by atoms with van der Waals surface area (Å²) in [6.45, 7) is 2.71. The third-order valence-electron chi connectivity index (χ3n) is 4.37. The van der Waals surface area contributed by atoms with Gasteiger partial charge in [-0.1, -0.05) is 24.3 Å². The Bertz CT molecular complexity index is 669. The number of likely N-dealkylation sites (N-methyl/N-ethyl adjacent to an activating group) is 1. The van der Waals surface area contributed by atoms with Crippen LogP contribution < -0.4 is 10.2 Å². The van der Waals surface area contributed by atoms with Crippen molar-refractivity contribution in [1.82, 2.24) is 10.2 Å². The van der Waals surface area contributed by atoms with Crippen molar-refractivity contribution < 1.29 is 4.79 Å². The number of hydrogen-bond donors (Lipinski definition) is 1. The molecule has 0 spiro atoms. The second-order valence-electron chi connectivity index (χ2n) is 6.23. The van der Waals surface area contributed by atoms with Crippen LogP contribution in [0.15, 0.2) is 41.8 Å². The molecule has 2 aromatic rings. The minimum Gasteiger partial charge on any atom is -0.336 e. The number of nitrogens with one attached hydrogen (secondary N) is 1.